The SMILES string of the molecule is Nc1nccc(N2CCC(N)CC2)n1. The second-order valence-electron chi connectivity index (χ2n) is 3.60. The van der Waals surface area contributed by atoms with Crippen LogP contribution in [0.3, 0.4) is 0 Å². The van der Waals surface area contributed by atoms with Crippen molar-refractivity contribution in [2.45, 2.75) is 18.9 Å². The third kappa shape index (κ3) is 1.93. The molecule has 1 aromatic rings. The van der Waals surface area contributed by atoms with Crippen LogP contribution in [-0.2, 0) is 0 Å². The van der Waals surface area contributed by atoms with E-state index in [1.165, 1.54) is 0 Å². The van der Waals surface area contributed by atoms with E-state index in [-0.39, 0.29) is 0 Å². The minimum atomic E-state index is 0.331. The van der Waals surface area contributed by atoms with Gasteiger partial charge in [-0.3, -0.25) is 0 Å². The lowest BCUT2D eigenvalue weighted by Gasteiger charge is -2.30. The van der Waals surface area contributed by atoms with Gasteiger partial charge in [0.05, 0.1) is 0 Å². The van der Waals surface area contributed by atoms with E-state index in [1.54, 1.807) is 6.20 Å². The van der Waals surface area contributed by atoms with Gasteiger partial charge < -0.3 is 16.4 Å². The van der Waals surface area contributed by atoms with Gasteiger partial charge in [-0.1, -0.05) is 0 Å². The van der Waals surface area contributed by atoms with Gasteiger partial charge in [0.2, 0.25) is 5.95 Å². The summed E-state index contributed by atoms with van der Waals surface area (Å²) in [6.07, 6.45) is 3.72. The summed E-state index contributed by atoms with van der Waals surface area (Å²) in [4.78, 5) is 10.2. The molecule has 2 heterocycles. The Bertz CT molecular complexity index is 306. The smallest absolute Gasteiger partial charge is 0.221 e. The van der Waals surface area contributed by atoms with Gasteiger partial charge in [-0.2, -0.15) is 4.98 Å². The van der Waals surface area contributed by atoms with Gasteiger partial charge >= 0.3 is 0 Å². The largest absolute Gasteiger partial charge is 0.368 e. The van der Waals surface area contributed by atoms with Crippen LogP contribution in [-0.4, -0.2) is 29.1 Å². The normalized spacial score (nSPS) is 18.5. The van der Waals surface area contributed by atoms with Gasteiger partial charge in [-0.25, -0.2) is 4.98 Å². The molecule has 1 aromatic heterocycles. The van der Waals surface area contributed by atoms with Crippen molar-refractivity contribution in [2.75, 3.05) is 23.7 Å². The van der Waals surface area contributed by atoms with Crippen LogP contribution in [0.25, 0.3) is 0 Å². The van der Waals surface area contributed by atoms with Crippen molar-refractivity contribution >= 4 is 11.8 Å². The maximum absolute atomic E-state index is 5.82. The van der Waals surface area contributed by atoms with E-state index < -0.39 is 0 Å². The van der Waals surface area contributed by atoms with Gasteiger partial charge in [0.25, 0.3) is 0 Å². The minimum absolute atomic E-state index is 0.331. The Morgan fingerprint density at radius 2 is 2.07 bits per heavy atom. The van der Waals surface area contributed by atoms with E-state index in [2.05, 4.69) is 14.9 Å². The second-order valence-corrected chi connectivity index (χ2v) is 3.60. The molecule has 14 heavy (non-hydrogen) atoms. The summed E-state index contributed by atoms with van der Waals surface area (Å²) in [6, 6.07) is 2.22. The topological polar surface area (TPSA) is 81.1 Å². The number of nitrogens with two attached hydrogens (primary N) is 2. The molecule has 0 unspecified atom stereocenters. The first kappa shape index (κ1) is 9.21. The molecule has 0 spiro atoms. The predicted molar refractivity (Wildman–Crippen MR) is 55.9 cm³/mol. The first-order valence-corrected chi connectivity index (χ1v) is 4.85. The molecule has 0 aliphatic carbocycles. The molecule has 1 aliphatic rings. The van der Waals surface area contributed by atoms with Crippen molar-refractivity contribution in [2.24, 2.45) is 5.73 Å². The van der Waals surface area contributed by atoms with Crippen LogP contribution in [0, 0.1) is 0 Å². The molecule has 0 atom stereocenters. The maximum Gasteiger partial charge on any atom is 0.221 e. The number of piperidine rings is 1. The van der Waals surface area contributed by atoms with E-state index in [9.17, 15) is 0 Å². The van der Waals surface area contributed by atoms with Gasteiger partial charge in [0, 0.05) is 25.3 Å². The predicted octanol–water partition coefficient (Wildman–Crippen LogP) is -0.0137. The Morgan fingerprint density at radius 3 is 2.71 bits per heavy atom. The van der Waals surface area contributed by atoms with E-state index in [1.807, 2.05) is 6.07 Å². The Morgan fingerprint density at radius 1 is 1.36 bits per heavy atom. The van der Waals surface area contributed by atoms with Crippen molar-refractivity contribution in [3.8, 4) is 0 Å². The van der Waals surface area contributed by atoms with Crippen LogP contribution >= 0.6 is 0 Å². The van der Waals surface area contributed by atoms with E-state index in [0.717, 1.165) is 31.7 Å². The summed E-state index contributed by atoms with van der Waals surface area (Å²) < 4.78 is 0. The molecule has 5 heteroatoms. The Labute approximate surface area is 83.1 Å². The summed E-state index contributed by atoms with van der Waals surface area (Å²) in [5.74, 6) is 1.24. The zero-order chi connectivity index (χ0) is 9.97. The zero-order valence-corrected chi connectivity index (χ0v) is 8.06. The fourth-order valence-corrected chi connectivity index (χ4v) is 1.67. The molecular formula is C9H15N5. The lowest BCUT2D eigenvalue weighted by molar-refractivity contribution is 0.498. The van der Waals surface area contributed by atoms with Crippen molar-refractivity contribution in [1.82, 2.24) is 9.97 Å². The van der Waals surface area contributed by atoms with Crippen LogP contribution in [0.5, 0.6) is 0 Å². The summed E-state index contributed by atoms with van der Waals surface area (Å²) in [7, 11) is 0. The Balaban J connectivity index is 2.08. The molecular weight excluding hydrogens is 178 g/mol. The first-order chi connectivity index (χ1) is 6.75. The molecule has 0 saturated carbocycles. The third-order valence-electron chi connectivity index (χ3n) is 2.52. The molecule has 0 radical (unpaired) electrons. The quantitative estimate of drug-likeness (QED) is 0.655. The molecule has 76 valence electrons. The molecule has 5 nitrogen and oxygen atoms in total. The van der Waals surface area contributed by atoms with Crippen molar-refractivity contribution in [1.29, 1.82) is 0 Å². The fourth-order valence-electron chi connectivity index (χ4n) is 1.67. The summed E-state index contributed by atoms with van der Waals surface area (Å²) in [5.41, 5.74) is 11.3. The molecule has 4 N–H and O–H groups in total. The average Bonchev–Trinajstić information content (AvgIpc) is 2.19. The van der Waals surface area contributed by atoms with Crippen LogP contribution in [0.15, 0.2) is 12.3 Å². The standard InChI is InChI=1S/C9H15N5/c10-7-2-5-14(6-3-7)8-1-4-12-9(11)13-8/h1,4,7H,2-3,5-6,10H2,(H2,11,12,13). The number of anilines is 2. The van der Waals surface area contributed by atoms with Crippen molar-refractivity contribution < 1.29 is 0 Å². The second kappa shape index (κ2) is 3.79. The summed E-state index contributed by atoms with van der Waals surface area (Å²) >= 11 is 0. The van der Waals surface area contributed by atoms with Gasteiger partial charge in [0.1, 0.15) is 5.82 Å². The highest BCUT2D eigenvalue weighted by Gasteiger charge is 2.17. The number of aromatic nitrogens is 2. The van der Waals surface area contributed by atoms with Crippen LogP contribution in [0.1, 0.15) is 12.8 Å². The third-order valence-corrected chi connectivity index (χ3v) is 2.52. The molecule has 1 fully saturated rings. The number of nitrogen functional groups attached to an aromatic ring is 1. The average molecular weight is 193 g/mol. The Kier molecular flexibility index (Phi) is 2.49. The zero-order valence-electron chi connectivity index (χ0n) is 8.06. The van der Waals surface area contributed by atoms with E-state index in [4.69, 9.17) is 11.5 Å². The van der Waals surface area contributed by atoms with Crippen molar-refractivity contribution in [3.63, 3.8) is 0 Å². The molecule has 0 amide bonds. The lowest BCUT2D eigenvalue weighted by Crippen LogP contribution is -2.40. The molecule has 0 aromatic carbocycles. The highest BCUT2D eigenvalue weighted by Crippen LogP contribution is 2.16. The Hall–Kier alpha value is -1.36. The number of rotatable bonds is 1. The van der Waals surface area contributed by atoms with Crippen molar-refractivity contribution in [3.05, 3.63) is 12.3 Å². The molecule has 0 bridgehead atoms. The van der Waals surface area contributed by atoms with Crippen LogP contribution < -0.4 is 16.4 Å². The summed E-state index contributed by atoms with van der Waals surface area (Å²) in [5, 5.41) is 0. The minimum Gasteiger partial charge on any atom is -0.368 e. The molecule has 1 saturated heterocycles. The van der Waals surface area contributed by atoms with Gasteiger partial charge in [0.15, 0.2) is 0 Å². The van der Waals surface area contributed by atoms with E-state index >= 15 is 0 Å². The first-order valence-electron chi connectivity index (χ1n) is 4.85. The van der Waals surface area contributed by atoms with Gasteiger partial charge in [-0.05, 0) is 18.9 Å². The van der Waals surface area contributed by atoms with Crippen LogP contribution in [0.4, 0.5) is 11.8 Å². The number of hydrogen-bond donors (Lipinski definition) is 2. The molecule has 1 aliphatic heterocycles. The maximum atomic E-state index is 5.82. The monoisotopic (exact) mass is 193 g/mol. The van der Waals surface area contributed by atoms with Gasteiger partial charge in [-0.15, -0.1) is 0 Å². The van der Waals surface area contributed by atoms with Crippen LogP contribution in [0.2, 0.25) is 0 Å². The number of nitrogens with zero attached hydrogens (tertiary/aromatic N) is 3. The highest BCUT2D eigenvalue weighted by molar-refractivity contribution is 5.41. The molecule has 2 rings (SSSR count). The highest BCUT2D eigenvalue weighted by atomic mass is 15.2. The van der Waals surface area contributed by atoms with E-state index in [0.29, 0.717) is 12.0 Å². The fraction of sp³-hybridized carbons (Fsp3) is 0.556. The number of hydrogen-bond acceptors (Lipinski definition) is 5. The lowest BCUT2D eigenvalue weighted by atomic mass is 10.1. The summed E-state index contributed by atoms with van der Waals surface area (Å²) in [6.45, 7) is 1.91.